The number of ether oxygens (including phenoxy) is 1. The molecule has 1 N–H and O–H groups in total. The predicted octanol–water partition coefficient (Wildman–Crippen LogP) is 2.63. The standard InChI is InChI=1S/C17H15N3O2/c1-22-13-7-5-12(6-8-13)17(21)16-14(10-18-11-20-16)15-4-2-3-9-19-15/h2-11,17,21H,1H3. The number of pyridine rings is 1. The van der Waals surface area contributed by atoms with Gasteiger partial charge in [-0.1, -0.05) is 18.2 Å². The van der Waals surface area contributed by atoms with Crippen LogP contribution in [0.3, 0.4) is 0 Å². The van der Waals surface area contributed by atoms with Crippen molar-refractivity contribution in [2.45, 2.75) is 6.10 Å². The van der Waals surface area contributed by atoms with Crippen LogP contribution in [0.25, 0.3) is 11.3 Å². The highest BCUT2D eigenvalue weighted by Crippen LogP contribution is 2.29. The van der Waals surface area contributed by atoms with Crippen LogP contribution in [0.2, 0.25) is 0 Å². The fourth-order valence-electron chi connectivity index (χ4n) is 2.22. The van der Waals surface area contributed by atoms with E-state index in [1.54, 1.807) is 31.6 Å². The van der Waals surface area contributed by atoms with Crippen molar-refractivity contribution < 1.29 is 9.84 Å². The Morgan fingerprint density at radius 3 is 2.55 bits per heavy atom. The third-order valence-corrected chi connectivity index (χ3v) is 3.37. The highest BCUT2D eigenvalue weighted by atomic mass is 16.5. The van der Waals surface area contributed by atoms with E-state index in [1.165, 1.54) is 6.33 Å². The van der Waals surface area contributed by atoms with Crippen LogP contribution in [0.4, 0.5) is 0 Å². The van der Waals surface area contributed by atoms with Gasteiger partial charge in [-0.3, -0.25) is 4.98 Å². The average molecular weight is 293 g/mol. The highest BCUT2D eigenvalue weighted by molar-refractivity contribution is 5.61. The molecule has 1 unspecified atom stereocenters. The summed E-state index contributed by atoms with van der Waals surface area (Å²) in [5.41, 5.74) is 2.70. The van der Waals surface area contributed by atoms with E-state index in [-0.39, 0.29) is 0 Å². The molecule has 0 aliphatic carbocycles. The molecular formula is C17H15N3O2. The zero-order valence-electron chi connectivity index (χ0n) is 12.0. The van der Waals surface area contributed by atoms with Gasteiger partial charge in [-0.15, -0.1) is 0 Å². The molecule has 5 heteroatoms. The number of nitrogens with zero attached hydrogens (tertiary/aromatic N) is 3. The molecule has 0 amide bonds. The van der Waals surface area contributed by atoms with Gasteiger partial charge >= 0.3 is 0 Å². The first kappa shape index (κ1) is 14.2. The van der Waals surface area contributed by atoms with E-state index >= 15 is 0 Å². The van der Waals surface area contributed by atoms with Crippen molar-refractivity contribution in [1.29, 1.82) is 0 Å². The molecule has 2 heterocycles. The third-order valence-electron chi connectivity index (χ3n) is 3.37. The first-order valence-corrected chi connectivity index (χ1v) is 6.83. The van der Waals surface area contributed by atoms with Gasteiger partial charge < -0.3 is 9.84 Å². The van der Waals surface area contributed by atoms with Crippen LogP contribution in [0, 0.1) is 0 Å². The molecule has 0 aliphatic heterocycles. The van der Waals surface area contributed by atoms with Crippen molar-refractivity contribution in [1.82, 2.24) is 15.0 Å². The Morgan fingerprint density at radius 2 is 1.86 bits per heavy atom. The van der Waals surface area contributed by atoms with Crippen LogP contribution in [0.15, 0.2) is 61.2 Å². The quantitative estimate of drug-likeness (QED) is 0.801. The summed E-state index contributed by atoms with van der Waals surface area (Å²) < 4.78 is 5.13. The number of methoxy groups -OCH3 is 1. The smallest absolute Gasteiger partial charge is 0.122 e. The number of aromatic nitrogens is 3. The summed E-state index contributed by atoms with van der Waals surface area (Å²) in [5, 5.41) is 10.6. The number of rotatable bonds is 4. The minimum atomic E-state index is -0.856. The Kier molecular flexibility index (Phi) is 4.07. The maximum absolute atomic E-state index is 10.6. The normalized spacial score (nSPS) is 11.9. The molecule has 3 aromatic rings. The zero-order valence-corrected chi connectivity index (χ0v) is 12.0. The second kappa shape index (κ2) is 6.32. The number of aliphatic hydroxyl groups excluding tert-OH is 1. The lowest BCUT2D eigenvalue weighted by molar-refractivity contribution is 0.215. The van der Waals surface area contributed by atoms with Gasteiger partial charge in [0.05, 0.1) is 18.5 Å². The van der Waals surface area contributed by atoms with Crippen LogP contribution >= 0.6 is 0 Å². The van der Waals surface area contributed by atoms with E-state index < -0.39 is 6.10 Å². The van der Waals surface area contributed by atoms with Gasteiger partial charge in [-0.05, 0) is 29.8 Å². The zero-order chi connectivity index (χ0) is 15.4. The van der Waals surface area contributed by atoms with E-state index in [4.69, 9.17) is 4.74 Å². The molecule has 0 saturated heterocycles. The van der Waals surface area contributed by atoms with Crippen molar-refractivity contribution in [3.8, 4) is 17.0 Å². The van der Waals surface area contributed by atoms with Crippen molar-refractivity contribution in [3.05, 3.63) is 72.4 Å². The molecular weight excluding hydrogens is 278 g/mol. The van der Waals surface area contributed by atoms with E-state index in [1.807, 2.05) is 30.3 Å². The van der Waals surface area contributed by atoms with Gasteiger partial charge in [0.1, 0.15) is 18.2 Å². The summed E-state index contributed by atoms with van der Waals surface area (Å²) in [6.07, 6.45) is 3.93. The van der Waals surface area contributed by atoms with Gasteiger partial charge in [-0.25, -0.2) is 9.97 Å². The van der Waals surface area contributed by atoms with Crippen molar-refractivity contribution in [2.24, 2.45) is 0 Å². The minimum Gasteiger partial charge on any atom is -0.497 e. The molecule has 0 aliphatic rings. The van der Waals surface area contributed by atoms with Gasteiger partial charge in [0.25, 0.3) is 0 Å². The van der Waals surface area contributed by atoms with E-state index in [0.29, 0.717) is 11.3 Å². The van der Waals surface area contributed by atoms with Crippen LogP contribution in [-0.4, -0.2) is 27.2 Å². The molecule has 0 saturated carbocycles. The summed E-state index contributed by atoms with van der Waals surface area (Å²) in [5.74, 6) is 0.739. The Morgan fingerprint density at radius 1 is 1.05 bits per heavy atom. The molecule has 3 rings (SSSR count). The fraction of sp³-hybridized carbons (Fsp3) is 0.118. The largest absolute Gasteiger partial charge is 0.497 e. The maximum Gasteiger partial charge on any atom is 0.122 e. The van der Waals surface area contributed by atoms with Crippen LogP contribution in [0.5, 0.6) is 5.75 Å². The van der Waals surface area contributed by atoms with Crippen LogP contribution in [0.1, 0.15) is 17.4 Å². The fourth-order valence-corrected chi connectivity index (χ4v) is 2.22. The second-order valence-corrected chi connectivity index (χ2v) is 4.71. The number of hydrogen-bond acceptors (Lipinski definition) is 5. The second-order valence-electron chi connectivity index (χ2n) is 4.71. The van der Waals surface area contributed by atoms with Crippen molar-refractivity contribution >= 4 is 0 Å². The molecule has 0 radical (unpaired) electrons. The predicted molar refractivity (Wildman–Crippen MR) is 82.3 cm³/mol. The Labute approximate surface area is 128 Å². The first-order chi connectivity index (χ1) is 10.8. The van der Waals surface area contributed by atoms with E-state index in [2.05, 4.69) is 15.0 Å². The van der Waals surface area contributed by atoms with Crippen LogP contribution < -0.4 is 4.74 Å². The lowest BCUT2D eigenvalue weighted by Gasteiger charge is -2.14. The molecule has 0 fully saturated rings. The first-order valence-electron chi connectivity index (χ1n) is 6.83. The molecule has 22 heavy (non-hydrogen) atoms. The third kappa shape index (κ3) is 2.80. The SMILES string of the molecule is COc1ccc(C(O)c2ncncc2-c2ccccn2)cc1. The monoisotopic (exact) mass is 293 g/mol. The average Bonchev–Trinajstić information content (AvgIpc) is 2.62. The number of benzene rings is 1. The Balaban J connectivity index is 2.00. The van der Waals surface area contributed by atoms with Gasteiger partial charge in [0.2, 0.25) is 0 Å². The van der Waals surface area contributed by atoms with Crippen LogP contribution in [-0.2, 0) is 0 Å². The minimum absolute atomic E-state index is 0.527. The maximum atomic E-state index is 10.6. The Bertz CT molecular complexity index is 745. The highest BCUT2D eigenvalue weighted by Gasteiger charge is 2.18. The molecule has 2 aromatic heterocycles. The topological polar surface area (TPSA) is 68.1 Å². The molecule has 0 bridgehead atoms. The summed E-state index contributed by atoms with van der Waals surface area (Å²) >= 11 is 0. The summed E-state index contributed by atoms with van der Waals surface area (Å²) in [4.78, 5) is 12.6. The lowest BCUT2D eigenvalue weighted by atomic mass is 10.0. The van der Waals surface area contributed by atoms with Gasteiger partial charge in [0.15, 0.2) is 0 Å². The van der Waals surface area contributed by atoms with Gasteiger partial charge in [-0.2, -0.15) is 0 Å². The number of aliphatic hydroxyl groups is 1. The summed E-state index contributed by atoms with van der Waals surface area (Å²) in [7, 11) is 1.61. The Hall–Kier alpha value is -2.79. The molecule has 1 atom stereocenters. The summed E-state index contributed by atoms with van der Waals surface area (Å²) in [6, 6.07) is 12.8. The molecule has 110 valence electrons. The van der Waals surface area contributed by atoms with Crippen molar-refractivity contribution in [3.63, 3.8) is 0 Å². The molecule has 5 nitrogen and oxygen atoms in total. The summed E-state index contributed by atoms with van der Waals surface area (Å²) in [6.45, 7) is 0. The van der Waals surface area contributed by atoms with E-state index in [9.17, 15) is 5.11 Å². The van der Waals surface area contributed by atoms with E-state index in [0.717, 1.165) is 17.0 Å². The van der Waals surface area contributed by atoms with Gasteiger partial charge in [0, 0.05) is 18.0 Å². The molecule has 0 spiro atoms. The van der Waals surface area contributed by atoms with Crippen molar-refractivity contribution in [2.75, 3.05) is 7.11 Å². The number of hydrogen-bond donors (Lipinski definition) is 1. The lowest BCUT2D eigenvalue weighted by Crippen LogP contribution is -2.05. The molecule has 1 aromatic carbocycles.